The van der Waals surface area contributed by atoms with Gasteiger partial charge >= 0.3 is 7.75 Å². The van der Waals surface area contributed by atoms with Crippen molar-refractivity contribution in [1.82, 2.24) is 0 Å². The molecule has 0 aliphatic carbocycles. The maximum Gasteiger partial charge on any atom is 0.728 e. The third-order valence-electron chi connectivity index (χ3n) is 3.76. The van der Waals surface area contributed by atoms with Crippen LogP contribution in [0.3, 0.4) is 0 Å². The molecule has 2 aromatic carbocycles. The van der Waals surface area contributed by atoms with Crippen molar-refractivity contribution < 1.29 is 27.4 Å². The van der Waals surface area contributed by atoms with Gasteiger partial charge in [-0.1, -0.05) is 4.34 Å². The smallest absolute Gasteiger partial charge is 0.497 e. The predicted octanol–water partition coefficient (Wildman–Crippen LogP) is 3.98. The number of hydrogen-bond acceptors (Lipinski definition) is 6. The lowest BCUT2D eigenvalue weighted by atomic mass is 10.3. The maximum atomic E-state index is 13.7. The summed E-state index contributed by atoms with van der Waals surface area (Å²) in [6, 6.07) is 18.4. The molecule has 0 saturated carbocycles. The van der Waals surface area contributed by atoms with E-state index in [0.29, 0.717) is 28.6 Å². The number of aromatic nitrogens is 1. The van der Waals surface area contributed by atoms with E-state index in [1.165, 1.54) is 16.7 Å². The second-order valence-electron chi connectivity index (χ2n) is 5.59. The molecular formula is C20H18N2O5P+. The van der Waals surface area contributed by atoms with E-state index in [1.807, 2.05) is 6.07 Å². The average molecular weight is 397 g/mol. The van der Waals surface area contributed by atoms with Crippen molar-refractivity contribution in [2.45, 2.75) is 0 Å². The van der Waals surface area contributed by atoms with Crippen molar-refractivity contribution in [1.29, 1.82) is 5.26 Å². The number of nitriles is 1. The van der Waals surface area contributed by atoms with Crippen LogP contribution in [0.1, 0.15) is 5.56 Å². The molecule has 0 aliphatic rings. The van der Waals surface area contributed by atoms with Gasteiger partial charge in [-0.05, 0) is 54.6 Å². The van der Waals surface area contributed by atoms with Gasteiger partial charge in [-0.15, -0.1) is 0 Å². The Hall–Kier alpha value is -3.49. The Morgan fingerprint density at radius 1 is 0.821 bits per heavy atom. The molecule has 0 saturated heterocycles. The minimum atomic E-state index is -3.92. The van der Waals surface area contributed by atoms with E-state index in [9.17, 15) is 4.57 Å². The molecule has 0 fully saturated rings. The first kappa shape index (κ1) is 19.3. The van der Waals surface area contributed by atoms with Crippen LogP contribution in [0, 0.1) is 11.3 Å². The summed E-state index contributed by atoms with van der Waals surface area (Å²) in [4.78, 5) is 0. The summed E-state index contributed by atoms with van der Waals surface area (Å²) in [7, 11) is -0.814. The van der Waals surface area contributed by atoms with E-state index < -0.39 is 7.75 Å². The Labute approximate surface area is 162 Å². The number of hydrogen-bond donors (Lipinski definition) is 0. The first-order valence-corrected chi connectivity index (χ1v) is 9.75. The normalized spacial score (nSPS) is 10.6. The molecule has 0 N–H and O–H groups in total. The van der Waals surface area contributed by atoms with E-state index in [-0.39, 0.29) is 0 Å². The molecule has 0 atom stereocenters. The van der Waals surface area contributed by atoms with Crippen molar-refractivity contribution in [3.05, 3.63) is 78.6 Å². The Bertz CT molecular complexity index is 976. The molecule has 7 nitrogen and oxygen atoms in total. The van der Waals surface area contributed by atoms with Gasteiger partial charge in [0, 0.05) is 6.07 Å². The topological polar surface area (TPSA) is 81.7 Å². The molecular weight excluding hydrogens is 379 g/mol. The molecule has 0 radical (unpaired) electrons. The molecule has 1 aromatic heterocycles. The number of rotatable bonds is 7. The fourth-order valence-corrected chi connectivity index (χ4v) is 3.84. The second-order valence-corrected chi connectivity index (χ2v) is 7.35. The lowest BCUT2D eigenvalue weighted by Gasteiger charge is -2.14. The lowest BCUT2D eigenvalue weighted by molar-refractivity contribution is -0.536. The van der Waals surface area contributed by atoms with Crippen LogP contribution in [-0.2, 0) is 4.57 Å². The van der Waals surface area contributed by atoms with E-state index in [4.69, 9.17) is 23.8 Å². The van der Waals surface area contributed by atoms with Gasteiger partial charge in [0.05, 0.1) is 14.2 Å². The highest BCUT2D eigenvalue weighted by atomic mass is 31.2. The van der Waals surface area contributed by atoms with Crippen LogP contribution in [0.15, 0.2) is 73.1 Å². The highest BCUT2D eigenvalue weighted by Gasteiger charge is 2.42. The van der Waals surface area contributed by atoms with Crippen LogP contribution >= 0.6 is 7.75 Å². The molecule has 1 heterocycles. The van der Waals surface area contributed by atoms with Gasteiger partial charge in [-0.25, -0.2) is 0 Å². The predicted molar refractivity (Wildman–Crippen MR) is 102 cm³/mol. The molecule has 3 aromatic rings. The molecule has 142 valence electrons. The monoisotopic (exact) mass is 397 g/mol. The molecule has 3 rings (SSSR count). The van der Waals surface area contributed by atoms with E-state index in [0.717, 1.165) is 0 Å². The molecule has 0 unspecified atom stereocenters. The summed E-state index contributed by atoms with van der Waals surface area (Å²) in [5, 5.41) is 9.16. The number of pyridine rings is 1. The highest BCUT2D eigenvalue weighted by Crippen LogP contribution is 2.44. The van der Waals surface area contributed by atoms with Crippen molar-refractivity contribution in [2.75, 3.05) is 14.2 Å². The Morgan fingerprint density at radius 3 is 1.71 bits per heavy atom. The van der Waals surface area contributed by atoms with Crippen LogP contribution in [0.2, 0.25) is 0 Å². The zero-order valence-electron chi connectivity index (χ0n) is 15.3. The number of ether oxygens (including phenoxy) is 2. The molecule has 8 heteroatoms. The first-order valence-electron chi connectivity index (χ1n) is 8.26. The summed E-state index contributed by atoms with van der Waals surface area (Å²) in [6.07, 6.45) is 2.93. The molecule has 0 spiro atoms. The largest absolute Gasteiger partial charge is 0.728 e. The van der Waals surface area contributed by atoms with Crippen LogP contribution < -0.4 is 22.9 Å². The molecule has 0 amide bonds. The Balaban J connectivity index is 1.98. The Morgan fingerprint density at radius 2 is 1.29 bits per heavy atom. The lowest BCUT2D eigenvalue weighted by Crippen LogP contribution is -2.35. The van der Waals surface area contributed by atoms with Crippen LogP contribution in [0.25, 0.3) is 0 Å². The highest BCUT2D eigenvalue weighted by molar-refractivity contribution is 7.47. The van der Waals surface area contributed by atoms with E-state index in [2.05, 4.69) is 0 Å². The summed E-state index contributed by atoms with van der Waals surface area (Å²) < 4.78 is 36.7. The SMILES string of the molecule is COc1ccc(OP(=O)(Oc2ccc(OC)cc2)[n+]2cccc(C#N)c2)cc1. The van der Waals surface area contributed by atoms with Gasteiger partial charge in [-0.2, -0.15) is 9.83 Å². The minimum absolute atomic E-state index is 0.319. The number of nitrogens with zero attached hydrogens (tertiary/aromatic N) is 2. The number of methoxy groups -OCH3 is 2. The average Bonchev–Trinajstić information content (AvgIpc) is 2.75. The van der Waals surface area contributed by atoms with Gasteiger partial charge in [0.15, 0.2) is 12.4 Å². The first-order chi connectivity index (χ1) is 13.6. The van der Waals surface area contributed by atoms with Crippen LogP contribution in [-0.4, -0.2) is 14.2 Å². The fraction of sp³-hybridized carbons (Fsp3) is 0.100. The van der Waals surface area contributed by atoms with Gasteiger partial charge in [0.2, 0.25) is 0 Å². The zero-order valence-corrected chi connectivity index (χ0v) is 16.2. The zero-order chi connectivity index (χ0) is 20.0. The van der Waals surface area contributed by atoms with Gasteiger partial charge in [0.25, 0.3) is 0 Å². The third-order valence-corrected chi connectivity index (χ3v) is 5.46. The quantitative estimate of drug-likeness (QED) is 0.561. The molecule has 0 aliphatic heterocycles. The van der Waals surface area contributed by atoms with Gasteiger partial charge in [0.1, 0.15) is 34.6 Å². The second kappa shape index (κ2) is 8.47. The molecule has 0 bridgehead atoms. The van der Waals surface area contributed by atoms with Crippen molar-refractivity contribution in [3.8, 4) is 29.1 Å². The van der Waals surface area contributed by atoms with E-state index >= 15 is 0 Å². The number of benzene rings is 2. The van der Waals surface area contributed by atoms with Gasteiger partial charge in [-0.3, -0.25) is 0 Å². The van der Waals surface area contributed by atoms with E-state index in [1.54, 1.807) is 74.9 Å². The summed E-state index contributed by atoms with van der Waals surface area (Å²) in [6.45, 7) is 0. The van der Waals surface area contributed by atoms with Crippen molar-refractivity contribution in [2.24, 2.45) is 0 Å². The minimum Gasteiger partial charge on any atom is -0.497 e. The summed E-state index contributed by atoms with van der Waals surface area (Å²) in [5.41, 5.74) is 0.319. The van der Waals surface area contributed by atoms with Crippen LogP contribution in [0.5, 0.6) is 23.0 Å². The Kier molecular flexibility index (Phi) is 5.83. The molecule has 28 heavy (non-hydrogen) atoms. The van der Waals surface area contributed by atoms with Crippen molar-refractivity contribution in [3.63, 3.8) is 0 Å². The van der Waals surface area contributed by atoms with Crippen molar-refractivity contribution >= 4 is 7.75 Å². The van der Waals surface area contributed by atoms with Gasteiger partial charge < -0.3 is 18.5 Å². The summed E-state index contributed by atoms with van der Waals surface area (Å²) in [5.74, 6) is 1.93. The standard InChI is InChI=1S/C20H18N2O5P/c1-24-17-5-9-19(10-6-17)26-28(23,22-13-3-4-16(14-21)15-22)27-20-11-7-18(25-2)8-12-20/h3-13,15H,1-2H3/q+1. The summed E-state index contributed by atoms with van der Waals surface area (Å²) >= 11 is 0. The maximum absolute atomic E-state index is 13.7. The fourth-order valence-electron chi connectivity index (χ4n) is 2.33. The van der Waals surface area contributed by atoms with Crippen LogP contribution in [0.4, 0.5) is 0 Å². The third kappa shape index (κ3) is 4.43.